The summed E-state index contributed by atoms with van der Waals surface area (Å²) in [5.41, 5.74) is 3.30. The molecule has 2 rings (SSSR count). The average Bonchev–Trinajstić information content (AvgIpc) is 2.66. The molecule has 2 atom stereocenters. The van der Waals surface area contributed by atoms with Gasteiger partial charge in [-0.05, 0) is 82.2 Å². The van der Waals surface area contributed by atoms with E-state index in [0.29, 0.717) is 6.04 Å². The Morgan fingerprint density at radius 1 is 1.15 bits per heavy atom. The summed E-state index contributed by atoms with van der Waals surface area (Å²) in [5, 5.41) is 7.61. The number of allylic oxidation sites excluding steroid dienone is 6. The van der Waals surface area contributed by atoms with Crippen LogP contribution in [0.1, 0.15) is 79.1 Å². The Bertz CT molecular complexity index is 498. The van der Waals surface area contributed by atoms with Crippen LogP contribution in [0, 0.1) is 17.8 Å². The van der Waals surface area contributed by atoms with E-state index in [1.807, 2.05) is 0 Å². The highest BCUT2D eigenvalue weighted by molar-refractivity contribution is 5.17. The van der Waals surface area contributed by atoms with Gasteiger partial charge in [0.05, 0.1) is 0 Å². The van der Waals surface area contributed by atoms with Crippen LogP contribution in [0.25, 0.3) is 0 Å². The first-order valence-corrected chi connectivity index (χ1v) is 11.5. The highest BCUT2D eigenvalue weighted by Crippen LogP contribution is 2.27. The third kappa shape index (κ3) is 9.25. The topological polar surface area (TPSA) is 24.1 Å². The van der Waals surface area contributed by atoms with Crippen LogP contribution in [0.2, 0.25) is 0 Å². The molecule has 154 valence electrons. The molecule has 0 radical (unpaired) electrons. The maximum atomic E-state index is 3.89. The minimum atomic E-state index is 0.609. The molecule has 0 aliphatic heterocycles. The molecule has 0 amide bonds. The quantitative estimate of drug-likeness (QED) is 0.323. The van der Waals surface area contributed by atoms with Gasteiger partial charge in [-0.15, -0.1) is 0 Å². The van der Waals surface area contributed by atoms with Gasteiger partial charge in [-0.3, -0.25) is 0 Å². The van der Waals surface area contributed by atoms with E-state index in [4.69, 9.17) is 0 Å². The highest BCUT2D eigenvalue weighted by Gasteiger charge is 2.18. The molecule has 2 heteroatoms. The largest absolute Gasteiger partial charge is 0.315 e. The van der Waals surface area contributed by atoms with Gasteiger partial charge in [-0.1, -0.05) is 63.1 Å². The summed E-state index contributed by atoms with van der Waals surface area (Å²) >= 11 is 0. The maximum absolute atomic E-state index is 3.89. The molecule has 0 spiro atoms. The molecule has 0 aromatic carbocycles. The lowest BCUT2D eigenvalue weighted by Gasteiger charge is -2.27. The van der Waals surface area contributed by atoms with Gasteiger partial charge in [0.2, 0.25) is 0 Å². The average molecular weight is 373 g/mol. The van der Waals surface area contributed by atoms with Crippen molar-refractivity contribution in [2.75, 3.05) is 19.6 Å². The van der Waals surface area contributed by atoms with E-state index < -0.39 is 0 Å². The van der Waals surface area contributed by atoms with Gasteiger partial charge in [-0.2, -0.15) is 0 Å². The van der Waals surface area contributed by atoms with Gasteiger partial charge in [-0.25, -0.2) is 0 Å². The predicted molar refractivity (Wildman–Crippen MR) is 120 cm³/mol. The van der Waals surface area contributed by atoms with Crippen LogP contribution in [0.4, 0.5) is 0 Å². The molecule has 0 bridgehead atoms. The van der Waals surface area contributed by atoms with E-state index in [1.54, 1.807) is 11.1 Å². The molecule has 2 aliphatic rings. The molecule has 0 aromatic rings. The zero-order valence-electron chi connectivity index (χ0n) is 18.4. The van der Waals surface area contributed by atoms with Crippen LogP contribution >= 0.6 is 0 Å². The van der Waals surface area contributed by atoms with Crippen molar-refractivity contribution in [3.05, 3.63) is 35.5 Å². The van der Waals surface area contributed by atoms with E-state index in [0.717, 1.165) is 30.8 Å². The fraction of sp³-hybridized carbons (Fsp3) is 0.760. The third-order valence-electron chi connectivity index (χ3n) is 6.09. The van der Waals surface area contributed by atoms with Crippen LogP contribution in [-0.4, -0.2) is 25.7 Å². The molecule has 27 heavy (non-hydrogen) atoms. The van der Waals surface area contributed by atoms with Gasteiger partial charge in [0, 0.05) is 12.6 Å². The number of hydrogen-bond acceptors (Lipinski definition) is 2. The first-order chi connectivity index (χ1) is 13.0. The summed E-state index contributed by atoms with van der Waals surface area (Å²) in [6.45, 7) is 12.8. The lowest BCUT2D eigenvalue weighted by Crippen LogP contribution is -2.42. The molecule has 2 unspecified atom stereocenters. The smallest absolute Gasteiger partial charge is 0.0195 e. The normalized spacial score (nSPS) is 21.5. The standard InChI is InChI=1S/C25H44N2/c1-20(2)17-25(19-26-16-8-11-22-9-6-5-7-10-22)27-18-23-12-14-24(15-13-23)21(3)4/h5-6,9,14,20-21,23,25-27H,7-8,10-13,15-19H2,1-4H3. The molecule has 2 N–H and O–H groups in total. The molecular formula is C25H44N2. The van der Waals surface area contributed by atoms with E-state index in [1.165, 1.54) is 57.9 Å². The summed E-state index contributed by atoms with van der Waals surface area (Å²) in [7, 11) is 0. The lowest BCUT2D eigenvalue weighted by atomic mass is 9.85. The predicted octanol–water partition coefficient (Wildman–Crippen LogP) is 6.02. The van der Waals surface area contributed by atoms with Crippen LogP contribution in [0.3, 0.4) is 0 Å². The monoisotopic (exact) mass is 372 g/mol. The van der Waals surface area contributed by atoms with E-state index in [9.17, 15) is 0 Å². The second-order valence-corrected chi connectivity index (χ2v) is 9.41. The zero-order valence-corrected chi connectivity index (χ0v) is 18.4. The van der Waals surface area contributed by atoms with Crippen molar-refractivity contribution in [1.29, 1.82) is 0 Å². The van der Waals surface area contributed by atoms with Crippen LogP contribution in [0.15, 0.2) is 35.5 Å². The lowest BCUT2D eigenvalue weighted by molar-refractivity contribution is 0.349. The maximum Gasteiger partial charge on any atom is 0.0195 e. The molecule has 0 heterocycles. The highest BCUT2D eigenvalue weighted by atomic mass is 15.0. The van der Waals surface area contributed by atoms with Crippen LogP contribution in [0.5, 0.6) is 0 Å². The summed E-state index contributed by atoms with van der Waals surface area (Å²) in [6.07, 6.45) is 19.6. The molecule has 2 aliphatic carbocycles. The Hall–Kier alpha value is -0.860. The van der Waals surface area contributed by atoms with Crippen molar-refractivity contribution >= 4 is 0 Å². The van der Waals surface area contributed by atoms with Crippen LogP contribution in [-0.2, 0) is 0 Å². The number of rotatable bonds is 12. The molecule has 0 saturated carbocycles. The van der Waals surface area contributed by atoms with E-state index in [-0.39, 0.29) is 0 Å². The molecule has 0 fully saturated rings. The Morgan fingerprint density at radius 2 is 2.00 bits per heavy atom. The minimum Gasteiger partial charge on any atom is -0.315 e. The van der Waals surface area contributed by atoms with Gasteiger partial charge in [0.25, 0.3) is 0 Å². The molecular weight excluding hydrogens is 328 g/mol. The third-order valence-corrected chi connectivity index (χ3v) is 6.09. The van der Waals surface area contributed by atoms with Gasteiger partial charge in [0.15, 0.2) is 0 Å². The van der Waals surface area contributed by atoms with Gasteiger partial charge >= 0.3 is 0 Å². The van der Waals surface area contributed by atoms with Gasteiger partial charge in [0.1, 0.15) is 0 Å². The van der Waals surface area contributed by atoms with Crippen molar-refractivity contribution in [2.24, 2.45) is 17.8 Å². The zero-order chi connectivity index (χ0) is 19.5. The Kier molecular flexibility index (Phi) is 10.4. The number of nitrogens with one attached hydrogen (secondary N) is 2. The van der Waals surface area contributed by atoms with Gasteiger partial charge < -0.3 is 10.6 Å². The van der Waals surface area contributed by atoms with Crippen LogP contribution < -0.4 is 10.6 Å². The molecule has 2 nitrogen and oxygen atoms in total. The van der Waals surface area contributed by atoms with Crippen molar-refractivity contribution in [2.45, 2.75) is 85.1 Å². The second kappa shape index (κ2) is 12.6. The van der Waals surface area contributed by atoms with Crippen molar-refractivity contribution in [3.8, 4) is 0 Å². The summed E-state index contributed by atoms with van der Waals surface area (Å²) in [5.74, 6) is 2.31. The SMILES string of the molecule is CC(C)CC(CNCCCC1=CC=CCC1)NCC1CC=C(C(C)C)CC1. The summed E-state index contributed by atoms with van der Waals surface area (Å²) < 4.78 is 0. The Balaban J connectivity index is 1.64. The van der Waals surface area contributed by atoms with Crippen molar-refractivity contribution in [1.82, 2.24) is 10.6 Å². The molecule has 0 saturated heterocycles. The Morgan fingerprint density at radius 3 is 2.63 bits per heavy atom. The Labute approximate surface area is 169 Å². The minimum absolute atomic E-state index is 0.609. The molecule has 0 aromatic heterocycles. The first-order valence-electron chi connectivity index (χ1n) is 11.5. The fourth-order valence-corrected chi connectivity index (χ4v) is 4.34. The summed E-state index contributed by atoms with van der Waals surface area (Å²) in [4.78, 5) is 0. The second-order valence-electron chi connectivity index (χ2n) is 9.41. The van der Waals surface area contributed by atoms with Crippen molar-refractivity contribution < 1.29 is 0 Å². The van der Waals surface area contributed by atoms with E-state index in [2.05, 4.69) is 62.6 Å². The van der Waals surface area contributed by atoms with E-state index >= 15 is 0 Å². The summed E-state index contributed by atoms with van der Waals surface area (Å²) in [6, 6.07) is 0.609. The fourth-order valence-electron chi connectivity index (χ4n) is 4.34. The first kappa shape index (κ1) is 22.4. The van der Waals surface area contributed by atoms with Crippen molar-refractivity contribution in [3.63, 3.8) is 0 Å². The number of hydrogen-bond donors (Lipinski definition) is 2.